The summed E-state index contributed by atoms with van der Waals surface area (Å²) in [5.74, 6) is 0.0332. The second-order valence-corrected chi connectivity index (χ2v) is 5.21. The molecule has 0 spiro atoms. The van der Waals surface area contributed by atoms with E-state index in [1.165, 1.54) is 45.3 Å². The minimum absolute atomic E-state index is 0.288. The van der Waals surface area contributed by atoms with Crippen molar-refractivity contribution < 1.29 is 9.13 Å². The van der Waals surface area contributed by atoms with Crippen LogP contribution in [0, 0.1) is 5.82 Å². The molecule has 20 heavy (non-hydrogen) atoms. The molecule has 1 N–H and O–H groups in total. The van der Waals surface area contributed by atoms with E-state index in [1.807, 2.05) is 12.1 Å². The van der Waals surface area contributed by atoms with Crippen molar-refractivity contribution in [1.29, 1.82) is 0 Å². The maximum Gasteiger partial charge on any atom is 0.165 e. The van der Waals surface area contributed by atoms with Crippen LogP contribution in [0.4, 0.5) is 4.39 Å². The zero-order chi connectivity index (χ0) is 14.8. The van der Waals surface area contributed by atoms with Gasteiger partial charge in [-0.15, -0.1) is 0 Å². The fraction of sp³-hybridized carbons (Fsp3) is 0.647. The van der Waals surface area contributed by atoms with Crippen LogP contribution in [0.25, 0.3) is 0 Å². The van der Waals surface area contributed by atoms with E-state index in [4.69, 9.17) is 4.74 Å². The Kier molecular flexibility index (Phi) is 8.28. The molecule has 0 fully saturated rings. The number of ether oxygens (including phenoxy) is 1. The summed E-state index contributed by atoms with van der Waals surface area (Å²) in [7, 11) is 1.51. The monoisotopic (exact) mass is 281 g/mol. The van der Waals surface area contributed by atoms with Gasteiger partial charge in [-0.3, -0.25) is 0 Å². The molecule has 1 atom stereocenters. The van der Waals surface area contributed by atoms with Crippen LogP contribution >= 0.6 is 0 Å². The van der Waals surface area contributed by atoms with Gasteiger partial charge in [0.1, 0.15) is 0 Å². The van der Waals surface area contributed by atoms with Gasteiger partial charge < -0.3 is 10.1 Å². The average molecular weight is 281 g/mol. The van der Waals surface area contributed by atoms with E-state index in [-0.39, 0.29) is 11.9 Å². The molecule has 0 radical (unpaired) electrons. The van der Waals surface area contributed by atoms with Crippen LogP contribution < -0.4 is 10.1 Å². The first kappa shape index (κ1) is 17.0. The first-order valence-electron chi connectivity index (χ1n) is 7.79. The summed E-state index contributed by atoms with van der Waals surface area (Å²) in [6.45, 7) is 5.25. The Morgan fingerprint density at radius 1 is 1.15 bits per heavy atom. The van der Waals surface area contributed by atoms with Crippen molar-refractivity contribution in [2.24, 2.45) is 0 Å². The molecule has 114 valence electrons. The Hall–Kier alpha value is -1.09. The molecule has 2 nitrogen and oxygen atoms in total. The predicted molar refractivity (Wildman–Crippen MR) is 82.7 cm³/mol. The van der Waals surface area contributed by atoms with Gasteiger partial charge in [0.2, 0.25) is 0 Å². The van der Waals surface area contributed by atoms with Crippen LogP contribution in [-0.4, -0.2) is 13.7 Å². The van der Waals surface area contributed by atoms with Crippen molar-refractivity contribution in [2.75, 3.05) is 13.7 Å². The highest BCUT2D eigenvalue weighted by molar-refractivity contribution is 5.32. The number of benzene rings is 1. The Morgan fingerprint density at radius 2 is 1.90 bits per heavy atom. The fourth-order valence-corrected chi connectivity index (χ4v) is 2.48. The van der Waals surface area contributed by atoms with Gasteiger partial charge in [0.25, 0.3) is 0 Å². The van der Waals surface area contributed by atoms with Gasteiger partial charge in [-0.25, -0.2) is 4.39 Å². The summed E-state index contributed by atoms with van der Waals surface area (Å²) in [6, 6.07) is 5.46. The highest BCUT2D eigenvalue weighted by Gasteiger charge is 2.12. The van der Waals surface area contributed by atoms with Crippen LogP contribution in [-0.2, 0) is 0 Å². The summed E-state index contributed by atoms with van der Waals surface area (Å²) < 4.78 is 18.5. The lowest BCUT2D eigenvalue weighted by atomic mass is 9.99. The number of unbranched alkanes of at least 4 members (excludes halogenated alkanes) is 4. The van der Waals surface area contributed by atoms with Gasteiger partial charge in [0.15, 0.2) is 11.6 Å². The number of rotatable bonds is 10. The van der Waals surface area contributed by atoms with E-state index in [2.05, 4.69) is 19.2 Å². The largest absolute Gasteiger partial charge is 0.494 e. The third-order valence-corrected chi connectivity index (χ3v) is 3.62. The molecule has 1 aromatic rings. The molecule has 1 aromatic carbocycles. The normalized spacial score (nSPS) is 12.4. The molecule has 0 amide bonds. The Balaban J connectivity index is 2.60. The number of hydrogen-bond donors (Lipinski definition) is 1. The topological polar surface area (TPSA) is 21.3 Å². The maximum absolute atomic E-state index is 13.5. The van der Waals surface area contributed by atoms with Crippen molar-refractivity contribution in [1.82, 2.24) is 5.32 Å². The zero-order valence-electron chi connectivity index (χ0n) is 13.0. The lowest BCUT2D eigenvalue weighted by Gasteiger charge is -2.19. The molecule has 3 heteroatoms. The van der Waals surface area contributed by atoms with Crippen molar-refractivity contribution in [3.05, 3.63) is 29.6 Å². The summed E-state index contributed by atoms with van der Waals surface area (Å²) in [5.41, 5.74) is 1.11. The zero-order valence-corrected chi connectivity index (χ0v) is 13.0. The molecule has 0 bridgehead atoms. The van der Waals surface area contributed by atoms with E-state index < -0.39 is 0 Å². The predicted octanol–water partition coefficient (Wildman–Crippen LogP) is 4.85. The van der Waals surface area contributed by atoms with E-state index in [0.29, 0.717) is 5.75 Å². The van der Waals surface area contributed by atoms with Gasteiger partial charge >= 0.3 is 0 Å². The molecule has 0 aliphatic carbocycles. The van der Waals surface area contributed by atoms with Gasteiger partial charge in [0.05, 0.1) is 7.11 Å². The van der Waals surface area contributed by atoms with Gasteiger partial charge in [-0.05, 0) is 30.7 Å². The number of halogens is 1. The van der Waals surface area contributed by atoms with E-state index >= 15 is 0 Å². The van der Waals surface area contributed by atoms with Crippen LogP contribution in [0.2, 0.25) is 0 Å². The highest BCUT2D eigenvalue weighted by atomic mass is 19.1. The Bertz CT molecular complexity index is 381. The van der Waals surface area contributed by atoms with Gasteiger partial charge in [0, 0.05) is 6.04 Å². The van der Waals surface area contributed by atoms with Crippen molar-refractivity contribution in [2.45, 2.75) is 58.4 Å². The fourth-order valence-electron chi connectivity index (χ4n) is 2.48. The second-order valence-electron chi connectivity index (χ2n) is 5.21. The quantitative estimate of drug-likeness (QED) is 0.619. The smallest absolute Gasteiger partial charge is 0.165 e. The van der Waals surface area contributed by atoms with Crippen LogP contribution in [0.15, 0.2) is 18.2 Å². The Morgan fingerprint density at radius 3 is 2.55 bits per heavy atom. The number of hydrogen-bond acceptors (Lipinski definition) is 2. The number of methoxy groups -OCH3 is 1. The molecule has 0 saturated carbocycles. The minimum Gasteiger partial charge on any atom is -0.494 e. The second kappa shape index (κ2) is 9.76. The van der Waals surface area contributed by atoms with Crippen LogP contribution in [0.1, 0.15) is 64.0 Å². The molecule has 1 unspecified atom stereocenters. The van der Waals surface area contributed by atoms with Crippen molar-refractivity contribution in [3.63, 3.8) is 0 Å². The van der Waals surface area contributed by atoms with E-state index in [1.54, 1.807) is 0 Å². The van der Waals surface area contributed by atoms with Crippen molar-refractivity contribution in [3.8, 4) is 5.75 Å². The lowest BCUT2D eigenvalue weighted by Crippen LogP contribution is -2.21. The first-order chi connectivity index (χ1) is 9.72. The maximum atomic E-state index is 13.5. The Labute approximate surface area is 122 Å². The lowest BCUT2D eigenvalue weighted by molar-refractivity contribution is 0.384. The molecule has 1 rings (SSSR count). The highest BCUT2D eigenvalue weighted by Crippen LogP contribution is 2.26. The average Bonchev–Trinajstić information content (AvgIpc) is 2.46. The third-order valence-electron chi connectivity index (χ3n) is 3.62. The molecular weight excluding hydrogens is 253 g/mol. The molecule has 0 heterocycles. The van der Waals surface area contributed by atoms with Crippen LogP contribution in [0.3, 0.4) is 0 Å². The summed E-state index contributed by atoms with van der Waals surface area (Å²) in [4.78, 5) is 0. The van der Waals surface area contributed by atoms with E-state index in [0.717, 1.165) is 18.5 Å². The summed E-state index contributed by atoms with van der Waals surface area (Å²) >= 11 is 0. The minimum atomic E-state index is -0.297. The summed E-state index contributed by atoms with van der Waals surface area (Å²) in [5, 5.41) is 3.48. The first-order valence-corrected chi connectivity index (χ1v) is 7.79. The van der Waals surface area contributed by atoms with Crippen molar-refractivity contribution >= 4 is 0 Å². The third kappa shape index (κ3) is 5.49. The standard InChI is InChI=1S/C17H28FNO/c1-4-6-7-8-9-10-16(19-5-2)14-11-12-15(18)17(13-14)20-3/h11-13,16,19H,4-10H2,1-3H3. The molecule has 0 saturated heterocycles. The summed E-state index contributed by atoms with van der Waals surface area (Å²) in [6.07, 6.45) is 7.46. The molecule has 0 aromatic heterocycles. The van der Waals surface area contributed by atoms with E-state index in [9.17, 15) is 4.39 Å². The molecule has 0 aliphatic rings. The molecule has 0 aliphatic heterocycles. The number of nitrogens with one attached hydrogen (secondary N) is 1. The SMILES string of the molecule is CCCCCCCC(NCC)c1ccc(F)c(OC)c1. The van der Waals surface area contributed by atoms with Gasteiger partial charge in [-0.1, -0.05) is 52.0 Å². The van der Waals surface area contributed by atoms with Crippen LogP contribution in [0.5, 0.6) is 5.75 Å². The molecular formula is C17H28FNO. The van der Waals surface area contributed by atoms with Gasteiger partial charge in [-0.2, -0.15) is 0 Å².